The summed E-state index contributed by atoms with van der Waals surface area (Å²) in [6, 6.07) is 24.5. The lowest BCUT2D eigenvalue weighted by molar-refractivity contribution is 0.102. The third-order valence-corrected chi connectivity index (χ3v) is 7.93. The molecule has 0 spiro atoms. The minimum absolute atomic E-state index is 0.0471. The first-order valence-corrected chi connectivity index (χ1v) is 14.6. The summed E-state index contributed by atoms with van der Waals surface area (Å²) >= 11 is 0. The van der Waals surface area contributed by atoms with Gasteiger partial charge in [0.1, 0.15) is 29.5 Å². The maximum Gasteiger partial charge on any atom is 0.255 e. The van der Waals surface area contributed by atoms with Gasteiger partial charge in [0.05, 0.1) is 0 Å². The van der Waals surface area contributed by atoms with Crippen molar-refractivity contribution in [3.8, 4) is 33.8 Å². The van der Waals surface area contributed by atoms with Gasteiger partial charge in [-0.25, -0.2) is 4.39 Å². The maximum atomic E-state index is 14.1. The third-order valence-electron chi connectivity index (χ3n) is 7.93. The number of halogens is 1. The molecule has 3 N–H and O–H groups in total. The van der Waals surface area contributed by atoms with Crippen LogP contribution in [0.2, 0.25) is 0 Å². The fourth-order valence-corrected chi connectivity index (χ4v) is 5.50. The first-order chi connectivity index (χ1) is 20.4. The van der Waals surface area contributed by atoms with Crippen LogP contribution in [0.3, 0.4) is 0 Å². The molecule has 4 aromatic rings. The Balaban J connectivity index is 1.30. The van der Waals surface area contributed by atoms with Crippen LogP contribution in [0.5, 0.6) is 11.5 Å². The van der Waals surface area contributed by atoms with Crippen molar-refractivity contribution in [3.63, 3.8) is 0 Å². The lowest BCUT2D eigenvalue weighted by Crippen LogP contribution is -2.20. The number of nitrogens with one attached hydrogen (secondary N) is 3. The smallest absolute Gasteiger partial charge is 0.255 e. The van der Waals surface area contributed by atoms with Crippen molar-refractivity contribution in [3.05, 3.63) is 101 Å². The van der Waals surface area contributed by atoms with Crippen molar-refractivity contribution in [1.82, 2.24) is 10.6 Å². The van der Waals surface area contributed by atoms with E-state index in [1.165, 1.54) is 11.6 Å². The Morgan fingerprint density at radius 1 is 0.762 bits per heavy atom. The predicted octanol–water partition coefficient (Wildman–Crippen LogP) is 6.51. The van der Waals surface area contributed by atoms with E-state index in [0.717, 1.165) is 67.0 Å². The second-order valence-corrected chi connectivity index (χ2v) is 11.2. The molecule has 0 aliphatic carbocycles. The topological polar surface area (TPSA) is 71.6 Å². The number of benzene rings is 4. The number of aryl methyl sites for hydroxylation is 2. The minimum Gasteiger partial charge on any atom is -0.488 e. The summed E-state index contributed by atoms with van der Waals surface area (Å²) in [5.41, 5.74) is 6.37. The third kappa shape index (κ3) is 6.32. The normalized spacial score (nSPS) is 18.2. The van der Waals surface area contributed by atoms with Crippen LogP contribution in [0.4, 0.5) is 10.1 Å². The van der Waals surface area contributed by atoms with E-state index in [1.54, 1.807) is 25.1 Å². The molecule has 2 aliphatic heterocycles. The van der Waals surface area contributed by atoms with Crippen LogP contribution in [0.15, 0.2) is 78.9 Å². The van der Waals surface area contributed by atoms with Gasteiger partial charge in [-0.15, -0.1) is 0 Å². The number of rotatable bonds is 8. The summed E-state index contributed by atoms with van der Waals surface area (Å²) in [4.78, 5) is 13.6. The number of amides is 1. The van der Waals surface area contributed by atoms with E-state index in [1.807, 2.05) is 30.3 Å². The molecule has 6 rings (SSSR count). The Labute approximate surface area is 246 Å². The van der Waals surface area contributed by atoms with E-state index in [4.69, 9.17) is 9.47 Å². The standard InChI is InChI=1S/C35H36FN3O3/c1-22-3-5-24(6-4-22)31-19-27(9-12-34(31)42-29-14-16-38-21-29)39-35(40)26-8-11-33(41-28-13-15-37-20-28)30(18-26)25-7-10-32(36)23(2)17-25/h3-12,17-19,28-29,37-38H,13-16,20-21H2,1-2H3,(H,39,40)/t28-,29-/m0/s1. The van der Waals surface area contributed by atoms with Crippen LogP contribution in [0.25, 0.3) is 22.3 Å². The fourth-order valence-electron chi connectivity index (χ4n) is 5.50. The van der Waals surface area contributed by atoms with Gasteiger partial charge in [0.15, 0.2) is 0 Å². The molecule has 0 aromatic heterocycles. The van der Waals surface area contributed by atoms with Crippen molar-refractivity contribution < 1.29 is 18.7 Å². The summed E-state index contributed by atoms with van der Waals surface area (Å²) < 4.78 is 26.8. The molecule has 1 amide bonds. The molecular formula is C35H36FN3O3. The Morgan fingerprint density at radius 3 is 2.00 bits per heavy atom. The first kappa shape index (κ1) is 27.9. The van der Waals surface area contributed by atoms with E-state index in [-0.39, 0.29) is 23.9 Å². The second-order valence-electron chi connectivity index (χ2n) is 11.2. The molecule has 7 heteroatoms. The zero-order valence-corrected chi connectivity index (χ0v) is 24.0. The molecule has 4 aromatic carbocycles. The Kier molecular flexibility index (Phi) is 8.22. The Hall–Kier alpha value is -4.20. The second kappa shape index (κ2) is 12.3. The van der Waals surface area contributed by atoms with Crippen LogP contribution in [-0.4, -0.2) is 44.3 Å². The molecule has 6 nitrogen and oxygen atoms in total. The molecule has 2 heterocycles. The molecule has 2 fully saturated rings. The fraction of sp³-hybridized carbons (Fsp3) is 0.286. The number of ether oxygens (including phenoxy) is 2. The van der Waals surface area contributed by atoms with Crippen LogP contribution in [-0.2, 0) is 0 Å². The van der Waals surface area contributed by atoms with Crippen LogP contribution >= 0.6 is 0 Å². The highest BCUT2D eigenvalue weighted by Gasteiger charge is 2.21. The summed E-state index contributed by atoms with van der Waals surface area (Å²) in [7, 11) is 0. The van der Waals surface area contributed by atoms with Gasteiger partial charge in [0.25, 0.3) is 5.91 Å². The Bertz CT molecular complexity index is 1580. The first-order valence-electron chi connectivity index (χ1n) is 14.6. The quantitative estimate of drug-likeness (QED) is 0.227. The predicted molar refractivity (Wildman–Crippen MR) is 165 cm³/mol. The van der Waals surface area contributed by atoms with Gasteiger partial charge in [-0.1, -0.05) is 35.9 Å². The number of carbonyl (C=O) groups is 1. The van der Waals surface area contributed by atoms with Crippen LogP contribution in [0.1, 0.15) is 34.3 Å². The molecule has 0 radical (unpaired) electrons. The van der Waals surface area contributed by atoms with Gasteiger partial charge in [-0.2, -0.15) is 0 Å². The van der Waals surface area contributed by atoms with E-state index >= 15 is 0 Å². The van der Waals surface area contributed by atoms with Gasteiger partial charge >= 0.3 is 0 Å². The molecule has 0 bridgehead atoms. The van der Waals surface area contributed by atoms with Crippen molar-refractivity contribution in [2.75, 3.05) is 31.5 Å². The molecule has 2 saturated heterocycles. The Morgan fingerprint density at radius 2 is 1.38 bits per heavy atom. The highest BCUT2D eigenvalue weighted by Crippen LogP contribution is 2.36. The molecule has 216 valence electrons. The SMILES string of the molecule is Cc1ccc(-c2cc(NC(=O)c3ccc(O[C@H]4CCNC4)c(-c4ccc(F)c(C)c4)c3)ccc2O[C@H]2CCNC2)cc1. The summed E-state index contributed by atoms with van der Waals surface area (Å²) in [5, 5.41) is 9.74. The molecule has 2 atom stereocenters. The summed E-state index contributed by atoms with van der Waals surface area (Å²) in [6.07, 6.45) is 2.03. The monoisotopic (exact) mass is 565 g/mol. The van der Waals surface area contributed by atoms with Gasteiger partial charge in [0.2, 0.25) is 0 Å². The van der Waals surface area contributed by atoms with Gasteiger partial charge in [0, 0.05) is 35.5 Å². The van der Waals surface area contributed by atoms with Crippen molar-refractivity contribution in [1.29, 1.82) is 0 Å². The number of carbonyl (C=O) groups excluding carboxylic acids is 1. The van der Waals surface area contributed by atoms with Gasteiger partial charge in [-0.3, -0.25) is 4.79 Å². The lowest BCUT2D eigenvalue weighted by Gasteiger charge is -2.19. The average Bonchev–Trinajstić information content (AvgIpc) is 3.71. The maximum absolute atomic E-state index is 14.1. The summed E-state index contributed by atoms with van der Waals surface area (Å²) in [6.45, 7) is 7.23. The molecule has 2 aliphatic rings. The largest absolute Gasteiger partial charge is 0.488 e. The molecule has 0 unspecified atom stereocenters. The van der Waals surface area contributed by atoms with Crippen LogP contribution in [0, 0.1) is 19.7 Å². The van der Waals surface area contributed by atoms with Crippen molar-refractivity contribution >= 4 is 11.6 Å². The zero-order chi connectivity index (χ0) is 29.1. The number of anilines is 1. The van der Waals surface area contributed by atoms with E-state index in [0.29, 0.717) is 22.6 Å². The van der Waals surface area contributed by atoms with Crippen molar-refractivity contribution in [2.45, 2.75) is 38.9 Å². The lowest BCUT2D eigenvalue weighted by atomic mass is 9.99. The zero-order valence-electron chi connectivity index (χ0n) is 24.0. The number of hydrogen-bond acceptors (Lipinski definition) is 5. The minimum atomic E-state index is -0.267. The van der Waals surface area contributed by atoms with Gasteiger partial charge < -0.3 is 25.4 Å². The van der Waals surface area contributed by atoms with E-state index in [9.17, 15) is 9.18 Å². The molecular weight excluding hydrogens is 529 g/mol. The number of hydrogen-bond donors (Lipinski definition) is 3. The molecule has 0 saturated carbocycles. The van der Waals surface area contributed by atoms with Crippen molar-refractivity contribution in [2.24, 2.45) is 0 Å². The van der Waals surface area contributed by atoms with Crippen LogP contribution < -0.4 is 25.4 Å². The van der Waals surface area contributed by atoms with E-state index in [2.05, 4.69) is 47.1 Å². The highest BCUT2D eigenvalue weighted by atomic mass is 19.1. The highest BCUT2D eigenvalue weighted by molar-refractivity contribution is 6.05. The van der Waals surface area contributed by atoms with Gasteiger partial charge in [-0.05, 0) is 105 Å². The van der Waals surface area contributed by atoms with E-state index < -0.39 is 0 Å². The summed E-state index contributed by atoms with van der Waals surface area (Å²) in [5.74, 6) is 0.960. The molecule has 42 heavy (non-hydrogen) atoms. The average molecular weight is 566 g/mol.